The lowest BCUT2D eigenvalue weighted by Crippen LogP contribution is -2.47. The van der Waals surface area contributed by atoms with E-state index in [4.69, 9.17) is 0 Å². The molecular formula is C18H23N3O3. The van der Waals surface area contributed by atoms with Crippen LogP contribution < -0.4 is 10.6 Å². The van der Waals surface area contributed by atoms with Gasteiger partial charge in [0.15, 0.2) is 0 Å². The molecule has 24 heavy (non-hydrogen) atoms. The minimum Gasteiger partial charge on any atom is -0.356 e. The second-order valence-electron chi connectivity index (χ2n) is 7.08. The topological polar surface area (TPSA) is 78.5 Å². The zero-order valence-corrected chi connectivity index (χ0v) is 14.1. The monoisotopic (exact) mass is 329 g/mol. The van der Waals surface area contributed by atoms with Crippen LogP contribution in [0, 0.1) is 19.3 Å². The molecule has 2 saturated heterocycles. The van der Waals surface area contributed by atoms with Crippen molar-refractivity contribution >= 4 is 23.4 Å². The Labute approximate surface area is 141 Å². The third-order valence-electron chi connectivity index (χ3n) is 4.98. The van der Waals surface area contributed by atoms with E-state index in [1.165, 1.54) is 0 Å². The van der Waals surface area contributed by atoms with Crippen LogP contribution in [0.25, 0.3) is 0 Å². The van der Waals surface area contributed by atoms with E-state index in [0.29, 0.717) is 31.7 Å². The predicted octanol–water partition coefficient (Wildman–Crippen LogP) is 1.37. The molecule has 2 N–H and O–H groups in total. The molecule has 0 radical (unpaired) electrons. The van der Waals surface area contributed by atoms with Gasteiger partial charge in [-0.3, -0.25) is 14.4 Å². The van der Waals surface area contributed by atoms with Crippen molar-refractivity contribution in [3.8, 4) is 0 Å². The molecule has 1 aromatic carbocycles. The number of nitrogens with one attached hydrogen (secondary N) is 2. The smallest absolute Gasteiger partial charge is 0.313 e. The number of aryl methyl sites for hydroxylation is 2. The molecule has 128 valence electrons. The molecule has 0 saturated carbocycles. The number of amides is 3. The first-order chi connectivity index (χ1) is 11.4. The summed E-state index contributed by atoms with van der Waals surface area (Å²) in [6.45, 7) is 5.63. The molecule has 6 heteroatoms. The van der Waals surface area contributed by atoms with Crippen molar-refractivity contribution in [2.75, 3.05) is 25.0 Å². The van der Waals surface area contributed by atoms with Crippen molar-refractivity contribution in [2.45, 2.75) is 33.1 Å². The van der Waals surface area contributed by atoms with Crippen LogP contribution in [0.2, 0.25) is 0 Å². The summed E-state index contributed by atoms with van der Waals surface area (Å²) in [6, 6.07) is 5.71. The lowest BCUT2D eigenvalue weighted by atomic mass is 9.77. The summed E-state index contributed by atoms with van der Waals surface area (Å²) in [5, 5.41) is 5.56. The van der Waals surface area contributed by atoms with Crippen LogP contribution in [0.4, 0.5) is 5.69 Å². The summed E-state index contributed by atoms with van der Waals surface area (Å²) in [7, 11) is 0. The van der Waals surface area contributed by atoms with Crippen LogP contribution in [-0.4, -0.2) is 42.3 Å². The number of hydrogen-bond donors (Lipinski definition) is 2. The van der Waals surface area contributed by atoms with Crippen molar-refractivity contribution in [3.05, 3.63) is 29.3 Å². The second-order valence-corrected chi connectivity index (χ2v) is 7.08. The number of nitrogens with zero attached hydrogens (tertiary/aromatic N) is 1. The Morgan fingerprint density at radius 2 is 1.75 bits per heavy atom. The normalized spacial score (nSPS) is 19.2. The number of carbonyl (C=O) groups is 3. The first kappa shape index (κ1) is 16.5. The quantitative estimate of drug-likeness (QED) is 0.764. The van der Waals surface area contributed by atoms with Crippen LogP contribution >= 0.6 is 0 Å². The number of piperidine rings is 1. The second kappa shape index (κ2) is 6.26. The number of benzene rings is 1. The molecule has 0 bridgehead atoms. The third kappa shape index (κ3) is 3.42. The zero-order chi connectivity index (χ0) is 17.3. The fourth-order valence-corrected chi connectivity index (χ4v) is 3.66. The van der Waals surface area contributed by atoms with Crippen molar-refractivity contribution < 1.29 is 14.4 Å². The van der Waals surface area contributed by atoms with E-state index in [0.717, 1.165) is 24.0 Å². The highest BCUT2D eigenvalue weighted by Crippen LogP contribution is 2.37. The van der Waals surface area contributed by atoms with Crippen molar-refractivity contribution in [2.24, 2.45) is 5.41 Å². The molecule has 0 unspecified atom stereocenters. The molecule has 3 amide bonds. The van der Waals surface area contributed by atoms with Gasteiger partial charge in [-0.25, -0.2) is 0 Å². The molecular weight excluding hydrogens is 306 g/mol. The minimum atomic E-state index is -0.600. The number of rotatable bonds is 1. The molecule has 0 atom stereocenters. The van der Waals surface area contributed by atoms with Gasteiger partial charge in [0.05, 0.1) is 0 Å². The van der Waals surface area contributed by atoms with E-state index in [-0.39, 0.29) is 11.3 Å². The molecule has 6 nitrogen and oxygen atoms in total. The summed E-state index contributed by atoms with van der Waals surface area (Å²) in [4.78, 5) is 37.6. The Balaban J connectivity index is 1.58. The van der Waals surface area contributed by atoms with Gasteiger partial charge in [0.2, 0.25) is 5.91 Å². The fourth-order valence-electron chi connectivity index (χ4n) is 3.66. The number of anilines is 1. The zero-order valence-electron chi connectivity index (χ0n) is 14.1. The van der Waals surface area contributed by atoms with Gasteiger partial charge in [0, 0.05) is 31.7 Å². The van der Waals surface area contributed by atoms with Crippen molar-refractivity contribution in [1.82, 2.24) is 10.2 Å². The summed E-state index contributed by atoms with van der Waals surface area (Å²) in [5.41, 5.74) is 2.69. The van der Waals surface area contributed by atoms with Gasteiger partial charge in [0.25, 0.3) is 0 Å². The maximum Gasteiger partial charge on any atom is 0.313 e. The Bertz CT molecular complexity index is 670. The van der Waals surface area contributed by atoms with Crippen LogP contribution in [0.1, 0.15) is 30.4 Å². The lowest BCUT2D eigenvalue weighted by Gasteiger charge is -2.37. The van der Waals surface area contributed by atoms with Gasteiger partial charge in [0.1, 0.15) is 0 Å². The molecule has 1 spiro atoms. The maximum atomic E-state index is 12.4. The van der Waals surface area contributed by atoms with E-state index < -0.39 is 11.8 Å². The van der Waals surface area contributed by atoms with Crippen LogP contribution in [0.15, 0.2) is 18.2 Å². The molecule has 0 aliphatic carbocycles. The summed E-state index contributed by atoms with van der Waals surface area (Å²) < 4.78 is 0. The van der Waals surface area contributed by atoms with E-state index in [9.17, 15) is 14.4 Å². The Morgan fingerprint density at radius 1 is 1.12 bits per heavy atom. The summed E-state index contributed by atoms with van der Waals surface area (Å²) >= 11 is 0. The van der Waals surface area contributed by atoms with Crippen LogP contribution in [0.5, 0.6) is 0 Å². The lowest BCUT2D eigenvalue weighted by molar-refractivity contribution is -0.144. The van der Waals surface area contributed by atoms with Gasteiger partial charge in [-0.05, 0) is 55.4 Å². The van der Waals surface area contributed by atoms with Gasteiger partial charge in [-0.15, -0.1) is 0 Å². The van der Waals surface area contributed by atoms with Gasteiger partial charge in [-0.2, -0.15) is 0 Å². The Morgan fingerprint density at radius 3 is 2.29 bits per heavy atom. The number of hydrogen-bond acceptors (Lipinski definition) is 3. The van der Waals surface area contributed by atoms with Gasteiger partial charge >= 0.3 is 11.8 Å². The molecule has 2 aliphatic heterocycles. The minimum absolute atomic E-state index is 0.0298. The third-order valence-corrected chi connectivity index (χ3v) is 4.98. The largest absolute Gasteiger partial charge is 0.356 e. The average Bonchev–Trinajstić information content (AvgIpc) is 2.87. The average molecular weight is 329 g/mol. The summed E-state index contributed by atoms with van der Waals surface area (Å²) in [5.74, 6) is -1.01. The standard InChI is InChI=1S/C18H23N3O3/c1-12-7-13(2)9-14(8-12)20-16(23)17(24)21-5-3-18(4-6-21)10-15(22)19-11-18/h7-9H,3-6,10-11H2,1-2H3,(H,19,22)(H,20,23). The highest BCUT2D eigenvalue weighted by molar-refractivity contribution is 6.39. The van der Waals surface area contributed by atoms with Gasteiger partial charge < -0.3 is 15.5 Å². The number of likely N-dealkylation sites (tertiary alicyclic amines) is 1. The molecule has 3 rings (SSSR count). The maximum absolute atomic E-state index is 12.4. The first-order valence-corrected chi connectivity index (χ1v) is 8.32. The van der Waals surface area contributed by atoms with E-state index in [1.807, 2.05) is 32.0 Å². The SMILES string of the molecule is Cc1cc(C)cc(NC(=O)C(=O)N2CCC3(CC2)CNC(=O)C3)c1. The number of carbonyl (C=O) groups excluding carboxylic acids is 3. The van der Waals surface area contributed by atoms with E-state index in [2.05, 4.69) is 10.6 Å². The Hall–Kier alpha value is -2.37. The van der Waals surface area contributed by atoms with Crippen molar-refractivity contribution in [1.29, 1.82) is 0 Å². The molecule has 0 aromatic heterocycles. The highest BCUT2D eigenvalue weighted by atomic mass is 16.2. The van der Waals surface area contributed by atoms with Gasteiger partial charge in [-0.1, -0.05) is 6.07 Å². The molecule has 2 heterocycles. The van der Waals surface area contributed by atoms with E-state index >= 15 is 0 Å². The predicted molar refractivity (Wildman–Crippen MR) is 90.4 cm³/mol. The molecule has 2 fully saturated rings. The van der Waals surface area contributed by atoms with E-state index in [1.54, 1.807) is 4.90 Å². The van der Waals surface area contributed by atoms with Crippen molar-refractivity contribution in [3.63, 3.8) is 0 Å². The molecule has 2 aliphatic rings. The first-order valence-electron chi connectivity index (χ1n) is 8.32. The fraction of sp³-hybridized carbons (Fsp3) is 0.500. The van der Waals surface area contributed by atoms with Crippen LogP contribution in [-0.2, 0) is 14.4 Å². The summed E-state index contributed by atoms with van der Waals surface area (Å²) in [6.07, 6.45) is 2.05. The van der Waals surface area contributed by atoms with Crippen LogP contribution in [0.3, 0.4) is 0 Å². The molecule has 1 aromatic rings. The highest BCUT2D eigenvalue weighted by Gasteiger charge is 2.42. The Kier molecular flexibility index (Phi) is 4.30.